The smallest absolute Gasteiger partial charge is 0.251 e. The zero-order valence-electron chi connectivity index (χ0n) is 24.3. The van der Waals surface area contributed by atoms with E-state index in [4.69, 9.17) is 9.47 Å². The minimum atomic E-state index is -3.62. The molecular formula is C29H32N6O6S2. The maximum absolute atomic E-state index is 13.0. The zero-order valence-corrected chi connectivity index (χ0v) is 26.0. The number of carbonyl (C=O) groups excluding carboxylic acids is 2. The molecule has 4 aromatic rings. The quantitative estimate of drug-likeness (QED) is 0.226. The number of nitrogens with zero attached hydrogens (tertiary/aromatic N) is 4. The Hall–Kier alpha value is -4.40. The first-order valence-electron chi connectivity index (χ1n) is 13.0. The number of hydrogen-bond donors (Lipinski definition) is 2. The first-order valence-corrected chi connectivity index (χ1v) is 15.4. The molecule has 4 rings (SSSR count). The summed E-state index contributed by atoms with van der Waals surface area (Å²) >= 11 is 1.17. The molecule has 0 saturated carbocycles. The van der Waals surface area contributed by atoms with Crippen molar-refractivity contribution in [3.63, 3.8) is 0 Å². The number of hydrogen-bond acceptors (Lipinski definition) is 9. The van der Waals surface area contributed by atoms with Crippen molar-refractivity contribution < 1.29 is 27.5 Å². The number of nitrogens with one attached hydrogen (secondary N) is 2. The summed E-state index contributed by atoms with van der Waals surface area (Å²) in [7, 11) is 2.32. The molecule has 226 valence electrons. The minimum Gasteiger partial charge on any atom is -0.497 e. The van der Waals surface area contributed by atoms with Crippen LogP contribution in [0.4, 0.5) is 5.69 Å². The molecule has 0 saturated heterocycles. The van der Waals surface area contributed by atoms with Gasteiger partial charge >= 0.3 is 0 Å². The molecule has 0 aliphatic heterocycles. The summed E-state index contributed by atoms with van der Waals surface area (Å²) in [6, 6.07) is 18.4. The van der Waals surface area contributed by atoms with Gasteiger partial charge in [0.2, 0.25) is 15.9 Å². The first kappa shape index (κ1) is 31.5. The molecule has 0 radical (unpaired) electrons. The van der Waals surface area contributed by atoms with E-state index in [-0.39, 0.29) is 28.7 Å². The van der Waals surface area contributed by atoms with Crippen LogP contribution >= 0.6 is 11.8 Å². The number of amides is 2. The molecule has 0 aliphatic rings. The molecular weight excluding hydrogens is 592 g/mol. The number of sulfonamides is 1. The average Bonchev–Trinajstić information content (AvgIpc) is 3.40. The lowest BCUT2D eigenvalue weighted by atomic mass is 10.2. The maximum atomic E-state index is 13.0. The predicted molar refractivity (Wildman–Crippen MR) is 163 cm³/mol. The van der Waals surface area contributed by atoms with Crippen molar-refractivity contribution in [1.29, 1.82) is 0 Å². The van der Waals surface area contributed by atoms with Gasteiger partial charge in [0.25, 0.3) is 5.91 Å². The van der Waals surface area contributed by atoms with Crippen LogP contribution in [0, 0.1) is 6.92 Å². The Balaban J connectivity index is 1.57. The number of carbonyl (C=O) groups is 2. The molecule has 2 N–H and O–H groups in total. The van der Waals surface area contributed by atoms with E-state index in [1.165, 1.54) is 57.2 Å². The highest BCUT2D eigenvalue weighted by Gasteiger charge is 2.21. The number of thioether (sulfide) groups is 1. The van der Waals surface area contributed by atoms with E-state index >= 15 is 0 Å². The van der Waals surface area contributed by atoms with Crippen LogP contribution in [0.3, 0.4) is 0 Å². The van der Waals surface area contributed by atoms with Gasteiger partial charge in [0.05, 0.1) is 37.1 Å². The SMILES string of the molecule is COc1ccc(OC)c(-n2c(CNC(=O)c3ccc(S(=O)(=O)N(C)C)cc3)nnc2SCC(=O)Nc2cccc(C)c2)c1. The highest BCUT2D eigenvalue weighted by atomic mass is 32.2. The van der Waals surface area contributed by atoms with Crippen LogP contribution in [0.25, 0.3) is 5.69 Å². The Morgan fingerprint density at radius 3 is 2.37 bits per heavy atom. The van der Waals surface area contributed by atoms with Crippen molar-refractivity contribution in [2.24, 2.45) is 0 Å². The van der Waals surface area contributed by atoms with E-state index in [1.54, 1.807) is 29.9 Å². The Kier molecular flexibility index (Phi) is 10.1. The van der Waals surface area contributed by atoms with Crippen molar-refractivity contribution in [2.45, 2.75) is 23.5 Å². The molecule has 3 aromatic carbocycles. The summed E-state index contributed by atoms with van der Waals surface area (Å²) in [5.41, 5.74) is 2.54. The second-order valence-corrected chi connectivity index (χ2v) is 12.6. The summed E-state index contributed by atoms with van der Waals surface area (Å²) < 4.78 is 38.5. The number of aromatic nitrogens is 3. The van der Waals surface area contributed by atoms with Gasteiger partial charge in [0.15, 0.2) is 11.0 Å². The highest BCUT2D eigenvalue weighted by molar-refractivity contribution is 7.99. The highest BCUT2D eigenvalue weighted by Crippen LogP contribution is 2.32. The van der Waals surface area contributed by atoms with Gasteiger partial charge in [-0.2, -0.15) is 0 Å². The first-order chi connectivity index (χ1) is 20.5. The van der Waals surface area contributed by atoms with Gasteiger partial charge in [-0.25, -0.2) is 12.7 Å². The molecule has 0 unspecified atom stereocenters. The third kappa shape index (κ3) is 7.52. The van der Waals surface area contributed by atoms with Crippen molar-refractivity contribution in [2.75, 3.05) is 39.4 Å². The third-order valence-electron chi connectivity index (χ3n) is 6.26. The van der Waals surface area contributed by atoms with Crippen molar-refractivity contribution in [3.05, 3.63) is 83.7 Å². The second kappa shape index (κ2) is 13.7. The number of benzene rings is 3. The molecule has 1 aromatic heterocycles. The van der Waals surface area contributed by atoms with E-state index in [9.17, 15) is 18.0 Å². The van der Waals surface area contributed by atoms with Crippen molar-refractivity contribution >= 4 is 39.3 Å². The van der Waals surface area contributed by atoms with Crippen LogP contribution in [-0.2, 0) is 21.4 Å². The number of anilines is 1. The van der Waals surface area contributed by atoms with Gasteiger partial charge in [0.1, 0.15) is 11.5 Å². The van der Waals surface area contributed by atoms with E-state index in [0.29, 0.717) is 33.9 Å². The van der Waals surface area contributed by atoms with Crippen LogP contribution < -0.4 is 20.1 Å². The van der Waals surface area contributed by atoms with E-state index < -0.39 is 15.9 Å². The largest absolute Gasteiger partial charge is 0.497 e. The van der Waals surface area contributed by atoms with E-state index in [1.807, 2.05) is 31.2 Å². The molecule has 0 aliphatic carbocycles. The van der Waals surface area contributed by atoms with Gasteiger partial charge in [-0.15, -0.1) is 10.2 Å². The number of ether oxygens (including phenoxy) is 2. The van der Waals surface area contributed by atoms with Crippen LogP contribution in [0.5, 0.6) is 11.5 Å². The number of rotatable bonds is 12. The van der Waals surface area contributed by atoms with Crippen molar-refractivity contribution in [1.82, 2.24) is 24.4 Å². The van der Waals surface area contributed by atoms with E-state index in [2.05, 4.69) is 20.8 Å². The topological polar surface area (TPSA) is 145 Å². The zero-order chi connectivity index (χ0) is 31.1. The minimum absolute atomic E-state index is 0.0278. The van der Waals surface area contributed by atoms with Crippen LogP contribution in [-0.4, -0.2) is 73.4 Å². The lowest BCUT2D eigenvalue weighted by Crippen LogP contribution is -2.25. The Morgan fingerprint density at radius 2 is 1.72 bits per heavy atom. The lowest BCUT2D eigenvalue weighted by Gasteiger charge is -2.15. The lowest BCUT2D eigenvalue weighted by molar-refractivity contribution is -0.113. The van der Waals surface area contributed by atoms with Gasteiger partial charge in [-0.1, -0.05) is 23.9 Å². The van der Waals surface area contributed by atoms with Gasteiger partial charge in [-0.3, -0.25) is 14.2 Å². The van der Waals surface area contributed by atoms with Gasteiger partial charge < -0.3 is 20.1 Å². The maximum Gasteiger partial charge on any atom is 0.251 e. The molecule has 2 amide bonds. The Bertz CT molecular complexity index is 1720. The summed E-state index contributed by atoms with van der Waals surface area (Å²) in [5.74, 6) is 0.808. The number of aryl methyl sites for hydroxylation is 1. The average molecular weight is 625 g/mol. The summed E-state index contributed by atoms with van der Waals surface area (Å²) in [6.45, 7) is 1.92. The molecule has 12 nitrogen and oxygen atoms in total. The monoisotopic (exact) mass is 624 g/mol. The second-order valence-electron chi connectivity index (χ2n) is 9.47. The summed E-state index contributed by atoms with van der Waals surface area (Å²) in [5, 5.41) is 14.7. The van der Waals surface area contributed by atoms with Crippen molar-refractivity contribution in [3.8, 4) is 17.2 Å². The van der Waals surface area contributed by atoms with Crippen LogP contribution in [0.15, 0.2) is 76.8 Å². The van der Waals surface area contributed by atoms with Crippen LogP contribution in [0.1, 0.15) is 21.7 Å². The van der Waals surface area contributed by atoms with Crippen LogP contribution in [0.2, 0.25) is 0 Å². The molecule has 0 fully saturated rings. The molecule has 0 bridgehead atoms. The Labute approximate surface area is 254 Å². The standard InChI is InChI=1S/C29H32N6O6S2/c1-19-7-6-8-21(15-19)31-27(36)18-42-29-33-32-26(35(29)24-16-22(40-4)11-14-25(24)41-5)17-30-28(37)20-9-12-23(13-10-20)43(38,39)34(2)3/h6-16H,17-18H2,1-5H3,(H,30,37)(H,31,36). The fourth-order valence-electron chi connectivity index (χ4n) is 4.02. The Morgan fingerprint density at radius 1 is 0.977 bits per heavy atom. The third-order valence-corrected chi connectivity index (χ3v) is 9.02. The molecule has 0 spiro atoms. The van der Waals surface area contributed by atoms with Gasteiger partial charge in [-0.05, 0) is 61.0 Å². The molecule has 43 heavy (non-hydrogen) atoms. The van der Waals surface area contributed by atoms with Gasteiger partial charge in [0, 0.05) is 31.4 Å². The normalized spacial score (nSPS) is 11.3. The summed E-state index contributed by atoms with van der Waals surface area (Å²) in [4.78, 5) is 25.8. The fourth-order valence-corrected chi connectivity index (χ4v) is 5.69. The fraction of sp³-hybridized carbons (Fsp3) is 0.241. The summed E-state index contributed by atoms with van der Waals surface area (Å²) in [6.07, 6.45) is 0. The molecule has 0 atom stereocenters. The number of methoxy groups -OCH3 is 2. The van der Waals surface area contributed by atoms with E-state index in [0.717, 1.165) is 9.87 Å². The molecule has 14 heteroatoms. The molecule has 1 heterocycles. The predicted octanol–water partition coefficient (Wildman–Crippen LogP) is 3.50.